The van der Waals surface area contributed by atoms with Crippen LogP contribution < -0.4 is 5.32 Å². The number of thiophene rings is 1. The summed E-state index contributed by atoms with van der Waals surface area (Å²) in [4.78, 5) is 11.4. The van der Waals surface area contributed by atoms with E-state index in [1.165, 1.54) is 0 Å². The van der Waals surface area contributed by atoms with Crippen molar-refractivity contribution in [2.24, 2.45) is 0 Å². The Kier molecular flexibility index (Phi) is 2.33. The van der Waals surface area contributed by atoms with Gasteiger partial charge in [-0.05, 0) is 17.9 Å². The first-order chi connectivity index (χ1) is 6.27. The van der Waals surface area contributed by atoms with Gasteiger partial charge in [-0.15, -0.1) is 11.3 Å². The minimum Gasteiger partial charge on any atom is -0.368 e. The second-order valence-corrected chi connectivity index (χ2v) is 3.85. The molecule has 1 atom stereocenters. The van der Waals surface area contributed by atoms with Gasteiger partial charge < -0.3 is 10.1 Å². The van der Waals surface area contributed by atoms with E-state index in [9.17, 15) is 4.79 Å². The first kappa shape index (κ1) is 8.72. The number of hydrogen-bond donors (Lipinski definition) is 1. The molecule has 0 aromatic carbocycles. The van der Waals surface area contributed by atoms with E-state index in [1.54, 1.807) is 11.3 Å². The molecule has 0 aliphatic carbocycles. The maximum Gasteiger partial charge on any atom is 0.253 e. The van der Waals surface area contributed by atoms with E-state index in [2.05, 4.69) is 5.32 Å². The molecule has 70 valence electrons. The molecule has 0 bridgehead atoms. The van der Waals surface area contributed by atoms with Gasteiger partial charge in [-0.2, -0.15) is 0 Å². The molecule has 1 N–H and O–H groups in total. The zero-order valence-electron chi connectivity index (χ0n) is 7.37. The second-order valence-electron chi connectivity index (χ2n) is 3.11. The molecule has 1 unspecified atom stereocenters. The van der Waals surface area contributed by atoms with Crippen molar-refractivity contribution in [3.63, 3.8) is 0 Å². The van der Waals surface area contributed by atoms with Crippen LogP contribution in [-0.4, -0.2) is 18.6 Å². The predicted molar refractivity (Wildman–Crippen MR) is 52.0 cm³/mol. The Bertz CT molecular complexity index is 317. The minimum atomic E-state index is -0.223. The second kappa shape index (κ2) is 3.47. The largest absolute Gasteiger partial charge is 0.368 e. The van der Waals surface area contributed by atoms with Gasteiger partial charge >= 0.3 is 0 Å². The lowest BCUT2D eigenvalue weighted by atomic mass is 10.2. The summed E-state index contributed by atoms with van der Waals surface area (Å²) in [5.74, 6) is -0.0206. The molecule has 1 amide bonds. The van der Waals surface area contributed by atoms with Gasteiger partial charge in [0.2, 0.25) is 0 Å². The average Bonchev–Trinajstić information content (AvgIpc) is 2.32. The van der Waals surface area contributed by atoms with Gasteiger partial charge in [0.1, 0.15) is 6.10 Å². The Morgan fingerprint density at radius 1 is 1.69 bits per heavy atom. The van der Waals surface area contributed by atoms with Crippen LogP contribution >= 0.6 is 11.3 Å². The third-order valence-corrected chi connectivity index (χ3v) is 2.97. The van der Waals surface area contributed by atoms with Crippen LogP contribution in [0.5, 0.6) is 0 Å². The van der Waals surface area contributed by atoms with Crippen LogP contribution in [0.3, 0.4) is 0 Å². The van der Waals surface area contributed by atoms with Gasteiger partial charge in [-0.3, -0.25) is 4.79 Å². The highest BCUT2D eigenvalue weighted by Gasteiger charge is 2.26. The Labute approximate surface area is 80.7 Å². The van der Waals surface area contributed by atoms with Crippen molar-refractivity contribution in [1.82, 2.24) is 0 Å². The molecule has 1 aromatic heterocycles. The van der Waals surface area contributed by atoms with Crippen molar-refractivity contribution in [3.8, 4) is 0 Å². The third kappa shape index (κ3) is 1.73. The number of carbonyl (C=O) groups excluding carboxylic acids is 1. The third-order valence-electron chi connectivity index (χ3n) is 2.10. The zero-order chi connectivity index (χ0) is 9.26. The van der Waals surface area contributed by atoms with Gasteiger partial charge in [0.15, 0.2) is 0 Å². The summed E-state index contributed by atoms with van der Waals surface area (Å²) in [6.07, 6.45) is 0.619. The van der Waals surface area contributed by atoms with E-state index in [-0.39, 0.29) is 12.0 Å². The highest BCUT2D eigenvalue weighted by atomic mass is 32.1. The number of amides is 1. The number of anilines is 1. The van der Waals surface area contributed by atoms with Gasteiger partial charge in [0, 0.05) is 11.8 Å². The van der Waals surface area contributed by atoms with E-state index < -0.39 is 0 Å². The van der Waals surface area contributed by atoms with Crippen LogP contribution in [-0.2, 0) is 9.53 Å². The number of carbonyl (C=O) groups is 1. The molecule has 0 radical (unpaired) electrons. The summed E-state index contributed by atoms with van der Waals surface area (Å²) in [6, 6.07) is 0. The van der Waals surface area contributed by atoms with Crippen LogP contribution in [0.4, 0.5) is 5.69 Å². The molecular formula is C9H11NO2S. The fourth-order valence-corrected chi connectivity index (χ4v) is 1.92. The van der Waals surface area contributed by atoms with Crippen LogP contribution in [0.2, 0.25) is 0 Å². The molecule has 13 heavy (non-hydrogen) atoms. The standard InChI is InChI=1S/C9H11NO2S/c1-6-4-13-5-7(6)10-9(11)8-2-3-12-8/h4-5,8H,2-3H2,1H3,(H,10,11). The van der Waals surface area contributed by atoms with Crippen molar-refractivity contribution in [1.29, 1.82) is 0 Å². The summed E-state index contributed by atoms with van der Waals surface area (Å²) in [6.45, 7) is 2.69. The van der Waals surface area contributed by atoms with Gasteiger partial charge in [-0.25, -0.2) is 0 Å². The molecule has 2 heterocycles. The molecule has 3 nitrogen and oxygen atoms in total. The molecule has 0 saturated carbocycles. The van der Waals surface area contributed by atoms with E-state index >= 15 is 0 Å². The molecule has 1 saturated heterocycles. The van der Waals surface area contributed by atoms with Crippen LogP contribution in [0.25, 0.3) is 0 Å². The van der Waals surface area contributed by atoms with Crippen molar-refractivity contribution in [3.05, 3.63) is 16.3 Å². The number of hydrogen-bond acceptors (Lipinski definition) is 3. The highest BCUT2D eigenvalue weighted by molar-refractivity contribution is 7.08. The molecule has 0 spiro atoms. The maximum absolute atomic E-state index is 11.4. The highest BCUT2D eigenvalue weighted by Crippen LogP contribution is 2.21. The topological polar surface area (TPSA) is 38.3 Å². The monoisotopic (exact) mass is 197 g/mol. The summed E-state index contributed by atoms with van der Waals surface area (Å²) >= 11 is 1.59. The van der Waals surface area contributed by atoms with E-state index in [1.807, 2.05) is 17.7 Å². The molecule has 1 aromatic rings. The lowest BCUT2D eigenvalue weighted by Gasteiger charge is -2.24. The normalized spacial score (nSPS) is 20.8. The fraction of sp³-hybridized carbons (Fsp3) is 0.444. The Balaban J connectivity index is 1.97. The van der Waals surface area contributed by atoms with E-state index in [0.29, 0.717) is 6.61 Å². The summed E-state index contributed by atoms with van der Waals surface area (Å²) in [5.41, 5.74) is 2.02. The first-order valence-corrected chi connectivity index (χ1v) is 5.17. The lowest BCUT2D eigenvalue weighted by Crippen LogP contribution is -2.38. The maximum atomic E-state index is 11.4. The van der Waals surface area contributed by atoms with Crippen molar-refractivity contribution in [2.75, 3.05) is 11.9 Å². The van der Waals surface area contributed by atoms with Crippen LogP contribution in [0, 0.1) is 6.92 Å². The SMILES string of the molecule is Cc1cscc1NC(=O)C1CCO1. The van der Waals surface area contributed by atoms with Crippen LogP contribution in [0.1, 0.15) is 12.0 Å². The quantitative estimate of drug-likeness (QED) is 0.784. The van der Waals surface area contributed by atoms with Crippen molar-refractivity contribution in [2.45, 2.75) is 19.4 Å². The summed E-state index contributed by atoms with van der Waals surface area (Å²) < 4.78 is 5.07. The molecule has 1 aliphatic heterocycles. The lowest BCUT2D eigenvalue weighted by molar-refractivity contribution is -0.139. The average molecular weight is 197 g/mol. The Hall–Kier alpha value is -0.870. The predicted octanol–water partition coefficient (Wildman–Crippen LogP) is 1.78. The first-order valence-electron chi connectivity index (χ1n) is 4.22. The minimum absolute atomic E-state index is 0.0206. The Morgan fingerprint density at radius 2 is 2.46 bits per heavy atom. The molecule has 4 heteroatoms. The number of aryl methyl sites for hydroxylation is 1. The number of rotatable bonds is 2. The fourth-order valence-electron chi connectivity index (χ4n) is 1.14. The van der Waals surface area contributed by atoms with Crippen LogP contribution in [0.15, 0.2) is 10.8 Å². The molecule has 1 fully saturated rings. The molecule has 2 rings (SSSR count). The summed E-state index contributed by atoms with van der Waals surface area (Å²) in [7, 11) is 0. The summed E-state index contributed by atoms with van der Waals surface area (Å²) in [5, 5.41) is 6.79. The van der Waals surface area contributed by atoms with E-state index in [4.69, 9.17) is 4.74 Å². The van der Waals surface area contributed by atoms with Gasteiger partial charge in [0.05, 0.1) is 12.3 Å². The number of ether oxygens (including phenoxy) is 1. The molecular weight excluding hydrogens is 186 g/mol. The number of nitrogens with one attached hydrogen (secondary N) is 1. The Morgan fingerprint density at radius 3 is 2.92 bits per heavy atom. The van der Waals surface area contributed by atoms with E-state index in [0.717, 1.165) is 17.7 Å². The van der Waals surface area contributed by atoms with Gasteiger partial charge in [0.25, 0.3) is 5.91 Å². The molecule has 1 aliphatic rings. The van der Waals surface area contributed by atoms with Crippen molar-refractivity contribution >= 4 is 22.9 Å². The van der Waals surface area contributed by atoms with Gasteiger partial charge in [-0.1, -0.05) is 0 Å². The zero-order valence-corrected chi connectivity index (χ0v) is 8.19. The smallest absolute Gasteiger partial charge is 0.253 e. The van der Waals surface area contributed by atoms with Crippen molar-refractivity contribution < 1.29 is 9.53 Å².